The van der Waals surface area contributed by atoms with Crippen molar-refractivity contribution in [2.24, 2.45) is 5.73 Å². The quantitative estimate of drug-likeness (QED) is 0.764. The maximum absolute atomic E-state index is 6.11. The van der Waals surface area contributed by atoms with Gasteiger partial charge in [0.05, 0.1) is 12.5 Å². The first kappa shape index (κ1) is 16.8. The monoisotopic (exact) mass is 349 g/mol. The van der Waals surface area contributed by atoms with Crippen molar-refractivity contribution in [2.75, 3.05) is 7.11 Å². The molecule has 1 fully saturated rings. The summed E-state index contributed by atoms with van der Waals surface area (Å²) in [7, 11) is 1.68. The van der Waals surface area contributed by atoms with Crippen LogP contribution in [0.3, 0.4) is 0 Å². The summed E-state index contributed by atoms with van der Waals surface area (Å²) in [6.45, 7) is 2.06. The maximum Gasteiger partial charge on any atom is 0.237 e. The molecule has 0 saturated heterocycles. The van der Waals surface area contributed by atoms with Crippen LogP contribution in [0.4, 0.5) is 0 Å². The maximum atomic E-state index is 6.11. The van der Waals surface area contributed by atoms with E-state index in [9.17, 15) is 0 Å². The molecule has 1 heterocycles. The highest BCUT2D eigenvalue weighted by Gasteiger charge is 2.49. The smallest absolute Gasteiger partial charge is 0.237 e. The third-order valence-corrected chi connectivity index (χ3v) is 5.21. The number of aromatic nitrogens is 2. The Kier molecular flexibility index (Phi) is 4.24. The van der Waals surface area contributed by atoms with Gasteiger partial charge in [0.2, 0.25) is 5.89 Å². The van der Waals surface area contributed by atoms with Crippen LogP contribution in [0.15, 0.2) is 53.1 Å². The molecule has 0 aliphatic heterocycles. The summed E-state index contributed by atoms with van der Waals surface area (Å²) in [6.07, 6.45) is 2.23. The molecule has 2 aromatic carbocycles. The standard InChI is InChI=1S/C21H23N3O2/c1-14-8-9-18(25-2)15(10-14)11-19-23-20(26-24-19)21(12-17(22)13-21)16-6-4-3-5-7-16/h3-10,17H,11-13,22H2,1-2H3. The van der Waals surface area contributed by atoms with E-state index in [1.54, 1.807) is 7.11 Å². The summed E-state index contributed by atoms with van der Waals surface area (Å²) in [5, 5.41) is 4.23. The van der Waals surface area contributed by atoms with E-state index in [1.165, 1.54) is 11.1 Å². The normalized spacial score (nSPS) is 22.0. The van der Waals surface area contributed by atoms with E-state index in [4.69, 9.17) is 20.0 Å². The molecule has 0 spiro atoms. The highest BCUT2D eigenvalue weighted by Crippen LogP contribution is 2.47. The highest BCUT2D eigenvalue weighted by molar-refractivity contribution is 5.39. The number of aryl methyl sites for hydroxylation is 1. The lowest BCUT2D eigenvalue weighted by Gasteiger charge is -2.43. The lowest BCUT2D eigenvalue weighted by atomic mass is 9.61. The fourth-order valence-corrected chi connectivity index (χ4v) is 3.86. The zero-order chi connectivity index (χ0) is 18.1. The molecule has 0 unspecified atom stereocenters. The van der Waals surface area contributed by atoms with Crippen molar-refractivity contribution in [3.05, 3.63) is 76.9 Å². The molecular weight excluding hydrogens is 326 g/mol. The molecule has 5 nitrogen and oxygen atoms in total. The van der Waals surface area contributed by atoms with E-state index in [0.717, 1.165) is 24.2 Å². The van der Waals surface area contributed by atoms with Crippen LogP contribution in [0.2, 0.25) is 0 Å². The van der Waals surface area contributed by atoms with E-state index in [-0.39, 0.29) is 11.5 Å². The second kappa shape index (κ2) is 6.57. The van der Waals surface area contributed by atoms with Gasteiger partial charge in [-0.3, -0.25) is 0 Å². The average Bonchev–Trinajstić information content (AvgIpc) is 3.08. The second-order valence-electron chi connectivity index (χ2n) is 7.12. The molecule has 3 aromatic rings. The lowest BCUT2D eigenvalue weighted by molar-refractivity contribution is 0.187. The van der Waals surface area contributed by atoms with Gasteiger partial charge in [0, 0.05) is 18.0 Å². The Labute approximate surface area is 153 Å². The highest BCUT2D eigenvalue weighted by atomic mass is 16.5. The largest absolute Gasteiger partial charge is 0.496 e. The van der Waals surface area contributed by atoms with Crippen molar-refractivity contribution in [3.8, 4) is 5.75 Å². The number of ether oxygens (including phenoxy) is 1. The van der Waals surface area contributed by atoms with Gasteiger partial charge in [-0.25, -0.2) is 0 Å². The molecule has 4 rings (SSSR count). The zero-order valence-electron chi connectivity index (χ0n) is 15.1. The molecule has 0 amide bonds. The molecule has 1 aliphatic rings. The number of rotatable bonds is 5. The molecule has 0 bridgehead atoms. The molecule has 26 heavy (non-hydrogen) atoms. The summed E-state index contributed by atoms with van der Waals surface area (Å²) in [4.78, 5) is 4.73. The molecule has 0 radical (unpaired) electrons. The van der Waals surface area contributed by atoms with Crippen LogP contribution in [0.1, 0.15) is 41.2 Å². The van der Waals surface area contributed by atoms with E-state index in [2.05, 4.69) is 30.3 Å². The molecule has 5 heteroatoms. The van der Waals surface area contributed by atoms with Crippen LogP contribution in [0.25, 0.3) is 0 Å². The Hall–Kier alpha value is -2.66. The number of nitrogens with two attached hydrogens (primary N) is 1. The summed E-state index contributed by atoms with van der Waals surface area (Å²) in [5.41, 5.74) is 9.26. The third-order valence-electron chi connectivity index (χ3n) is 5.21. The van der Waals surface area contributed by atoms with Crippen molar-refractivity contribution in [1.29, 1.82) is 0 Å². The minimum Gasteiger partial charge on any atom is -0.496 e. The summed E-state index contributed by atoms with van der Waals surface area (Å²) >= 11 is 0. The van der Waals surface area contributed by atoms with Crippen molar-refractivity contribution in [3.63, 3.8) is 0 Å². The van der Waals surface area contributed by atoms with Gasteiger partial charge < -0.3 is 15.0 Å². The first-order valence-corrected chi connectivity index (χ1v) is 8.88. The van der Waals surface area contributed by atoms with E-state index < -0.39 is 0 Å². The van der Waals surface area contributed by atoms with Crippen molar-refractivity contribution >= 4 is 0 Å². The van der Waals surface area contributed by atoms with E-state index in [0.29, 0.717) is 18.1 Å². The number of hydrogen-bond donors (Lipinski definition) is 1. The topological polar surface area (TPSA) is 74.2 Å². The molecule has 1 aromatic heterocycles. The van der Waals surface area contributed by atoms with Gasteiger partial charge >= 0.3 is 0 Å². The fraction of sp³-hybridized carbons (Fsp3) is 0.333. The predicted molar refractivity (Wildman–Crippen MR) is 99.3 cm³/mol. The third kappa shape index (κ3) is 2.88. The molecule has 134 valence electrons. The number of methoxy groups -OCH3 is 1. The minimum atomic E-state index is -0.261. The Balaban J connectivity index is 1.65. The van der Waals surface area contributed by atoms with Crippen LogP contribution in [-0.2, 0) is 11.8 Å². The molecule has 0 atom stereocenters. The average molecular weight is 349 g/mol. The second-order valence-corrected chi connectivity index (χ2v) is 7.12. The van der Waals surface area contributed by atoms with Crippen LogP contribution < -0.4 is 10.5 Å². The van der Waals surface area contributed by atoms with Gasteiger partial charge in [-0.2, -0.15) is 4.98 Å². The fourth-order valence-electron chi connectivity index (χ4n) is 3.86. The van der Waals surface area contributed by atoms with Crippen molar-refractivity contribution in [1.82, 2.24) is 10.1 Å². The predicted octanol–water partition coefficient (Wildman–Crippen LogP) is 3.38. The Morgan fingerprint density at radius 1 is 1.19 bits per heavy atom. The zero-order valence-corrected chi connectivity index (χ0v) is 15.1. The van der Waals surface area contributed by atoms with Crippen molar-refractivity contribution < 1.29 is 9.26 Å². The molecule has 2 N–H and O–H groups in total. The summed E-state index contributed by atoms with van der Waals surface area (Å²) in [5.74, 6) is 2.16. The summed E-state index contributed by atoms with van der Waals surface area (Å²) in [6, 6.07) is 16.6. The first-order chi connectivity index (χ1) is 12.6. The van der Waals surface area contributed by atoms with Crippen molar-refractivity contribution in [2.45, 2.75) is 37.6 Å². The molecular formula is C21H23N3O2. The van der Waals surface area contributed by atoms with Crippen LogP contribution in [0.5, 0.6) is 5.75 Å². The van der Waals surface area contributed by atoms with Crippen LogP contribution in [-0.4, -0.2) is 23.3 Å². The van der Waals surface area contributed by atoms with Gasteiger partial charge in [0.15, 0.2) is 5.82 Å². The number of hydrogen-bond acceptors (Lipinski definition) is 5. The summed E-state index contributed by atoms with van der Waals surface area (Å²) < 4.78 is 11.2. The Morgan fingerprint density at radius 2 is 1.96 bits per heavy atom. The van der Waals surface area contributed by atoms with Crippen LogP contribution >= 0.6 is 0 Å². The first-order valence-electron chi connectivity index (χ1n) is 8.88. The van der Waals surface area contributed by atoms with E-state index in [1.807, 2.05) is 30.3 Å². The van der Waals surface area contributed by atoms with Crippen LogP contribution in [0, 0.1) is 6.92 Å². The van der Waals surface area contributed by atoms with Gasteiger partial charge in [-0.05, 0) is 31.4 Å². The lowest BCUT2D eigenvalue weighted by Crippen LogP contribution is -2.50. The Morgan fingerprint density at radius 3 is 2.65 bits per heavy atom. The van der Waals surface area contributed by atoms with Gasteiger partial charge in [0.1, 0.15) is 5.75 Å². The molecule has 1 saturated carbocycles. The molecule has 1 aliphatic carbocycles. The number of nitrogens with zero attached hydrogens (tertiary/aromatic N) is 2. The Bertz CT molecular complexity index is 899. The number of benzene rings is 2. The minimum absolute atomic E-state index is 0.169. The SMILES string of the molecule is COc1ccc(C)cc1Cc1noc(C2(c3ccccc3)CC(N)C2)n1. The van der Waals surface area contributed by atoms with Gasteiger partial charge in [-0.1, -0.05) is 53.2 Å². The van der Waals surface area contributed by atoms with Gasteiger partial charge in [0.25, 0.3) is 0 Å². The van der Waals surface area contributed by atoms with E-state index >= 15 is 0 Å². The van der Waals surface area contributed by atoms with Gasteiger partial charge in [-0.15, -0.1) is 0 Å².